The molecule has 0 bridgehead atoms. The van der Waals surface area contributed by atoms with E-state index in [2.05, 4.69) is 101 Å². The number of amides is 2. The first kappa shape index (κ1) is 57.9. The fourth-order valence-corrected chi connectivity index (χ4v) is 8.29. The summed E-state index contributed by atoms with van der Waals surface area (Å²) in [5.74, 6) is -0.107. The van der Waals surface area contributed by atoms with Crippen LogP contribution in [0, 0.1) is 12.7 Å². The number of piperidine rings is 2. The maximum absolute atomic E-state index is 14.9. The van der Waals surface area contributed by atoms with Crippen LogP contribution in [0.5, 0.6) is 0 Å². The second kappa shape index (κ2) is 30.3. The van der Waals surface area contributed by atoms with Crippen molar-refractivity contribution in [1.29, 1.82) is 0 Å². The summed E-state index contributed by atoms with van der Waals surface area (Å²) in [6.45, 7) is 32.0. The average Bonchev–Trinajstić information content (AvgIpc) is 3.35. The van der Waals surface area contributed by atoms with Gasteiger partial charge in [-0.2, -0.15) is 4.58 Å². The van der Waals surface area contributed by atoms with Crippen LogP contribution in [0.1, 0.15) is 143 Å². The van der Waals surface area contributed by atoms with Gasteiger partial charge in [-0.05, 0) is 132 Å². The second-order valence-electron chi connectivity index (χ2n) is 17.4. The van der Waals surface area contributed by atoms with Crippen molar-refractivity contribution in [2.24, 2.45) is 0 Å². The normalized spacial score (nSPS) is 16.6. The molecule has 1 unspecified atom stereocenters. The van der Waals surface area contributed by atoms with Crippen molar-refractivity contribution >= 4 is 40.9 Å². The predicted octanol–water partition coefficient (Wildman–Crippen LogP) is 12.2. The Morgan fingerprint density at radius 1 is 1.03 bits per heavy atom. The molecular formula is C58H80FN8O3+. The van der Waals surface area contributed by atoms with Crippen LogP contribution in [0.3, 0.4) is 0 Å². The number of benzene rings is 1. The molecule has 2 aromatic heterocycles. The highest BCUT2D eigenvalue weighted by Crippen LogP contribution is 2.32. The van der Waals surface area contributed by atoms with E-state index in [-0.39, 0.29) is 29.3 Å². The SMILES string of the molecule is C=CC/C(=C\CC)C(=C)/C=C\C(=C/C)C(C)=O.CC.CC/C(C)=C/c1c(-c2ccc(N)nn2)ccnc1C.CCC[N+]1=C(CC)C=C1CN1CCC(c2ccc(NC3CCC(=O)NC3=O)cc2F)CC1. The standard InChI is InChI=1S/C25H33FN4O2.C16H22O.C15H18N4.C2H6/c1-3-11-30-19(4-2)15-20(30)16-29-12-9-17(10-13-29)21-6-5-18(14-22(21)26)27-23-7-8-24(31)28-25(23)32;1-6-9-16(10-7-2)13(4)11-12-15(8-3)14(5)17;1-4-10(2)9-13-11(3)17-8-7-12(13)14-5-6-15(16)19-18-14;1-2/h5-6,14-15,17,23,27H,3-4,7-13,16H2,1-2H3;6,8,10-12H,1,4,7,9H2,2-3,5H3;5-9H,4H2,1-3H3,(H2,16,19);1-2H3/p+1/b;12-11-,15-8+,16-10+;10-9+;. The van der Waals surface area contributed by atoms with Gasteiger partial charge in [0.05, 0.1) is 18.3 Å². The number of anilines is 2. The highest BCUT2D eigenvalue weighted by Gasteiger charge is 2.32. The van der Waals surface area contributed by atoms with E-state index < -0.39 is 6.04 Å². The van der Waals surface area contributed by atoms with Crippen molar-refractivity contribution in [2.75, 3.05) is 37.2 Å². The molecule has 6 rings (SSSR count). The van der Waals surface area contributed by atoms with Gasteiger partial charge in [-0.3, -0.25) is 29.6 Å². The Morgan fingerprint density at radius 2 is 1.76 bits per heavy atom. The third kappa shape index (κ3) is 17.5. The number of likely N-dealkylation sites (tertiary alicyclic amines) is 1. The Kier molecular flexibility index (Phi) is 25.0. The number of carbonyl (C=O) groups is 3. The Bertz CT molecular complexity index is 2450. The number of allylic oxidation sites excluding steroid dienone is 10. The number of nitrogens with one attached hydrogen (secondary N) is 2. The third-order valence-corrected chi connectivity index (χ3v) is 12.3. The molecule has 2 saturated heterocycles. The number of carbonyl (C=O) groups excluding carboxylic acids is 3. The lowest BCUT2D eigenvalue weighted by Crippen LogP contribution is -2.47. The number of hydrogen-bond acceptors (Lipinski definition) is 9. The monoisotopic (exact) mass is 956 g/mol. The lowest BCUT2D eigenvalue weighted by atomic mass is 9.88. The number of Topliss-reactive ketones (excluding diaryl/α,β-unsaturated/α-hetero) is 1. The van der Waals surface area contributed by atoms with Gasteiger partial charge in [0.15, 0.2) is 11.5 Å². The third-order valence-electron chi connectivity index (χ3n) is 12.3. The summed E-state index contributed by atoms with van der Waals surface area (Å²) in [6, 6.07) is 10.3. The van der Waals surface area contributed by atoms with Crippen LogP contribution in [-0.4, -0.2) is 80.2 Å². The van der Waals surface area contributed by atoms with Gasteiger partial charge in [-0.15, -0.1) is 16.8 Å². The summed E-state index contributed by atoms with van der Waals surface area (Å²) >= 11 is 0. The first-order valence-corrected chi connectivity index (χ1v) is 25.2. The molecule has 0 spiro atoms. The molecule has 3 aliphatic rings. The maximum atomic E-state index is 14.9. The van der Waals surface area contributed by atoms with E-state index in [0.29, 0.717) is 29.9 Å². The van der Waals surface area contributed by atoms with Crippen molar-refractivity contribution in [2.45, 2.75) is 139 Å². The lowest BCUT2D eigenvalue weighted by molar-refractivity contribution is -0.491. The number of ketones is 1. The van der Waals surface area contributed by atoms with E-state index in [1.807, 2.05) is 76.3 Å². The number of aromatic nitrogens is 3. The van der Waals surface area contributed by atoms with Crippen molar-refractivity contribution in [3.63, 3.8) is 0 Å². The molecule has 2 amide bonds. The first-order chi connectivity index (χ1) is 33.7. The average molecular weight is 956 g/mol. The number of hydrogen-bond donors (Lipinski definition) is 3. The van der Waals surface area contributed by atoms with Gasteiger partial charge in [0, 0.05) is 53.5 Å². The molecule has 12 heteroatoms. The second-order valence-corrected chi connectivity index (χ2v) is 17.4. The Labute approximate surface area is 418 Å². The van der Waals surface area contributed by atoms with Crippen LogP contribution in [0.15, 0.2) is 120 Å². The van der Waals surface area contributed by atoms with E-state index in [0.717, 1.165) is 110 Å². The zero-order chi connectivity index (χ0) is 51.8. The number of imide groups is 1. The Hall–Kier alpha value is -6.40. The van der Waals surface area contributed by atoms with Gasteiger partial charge in [-0.25, -0.2) is 4.39 Å². The molecule has 1 atom stereocenters. The van der Waals surface area contributed by atoms with Crippen LogP contribution in [0.4, 0.5) is 15.9 Å². The number of nitrogens with two attached hydrogens (primary N) is 1. The summed E-state index contributed by atoms with van der Waals surface area (Å²) in [7, 11) is 0. The summed E-state index contributed by atoms with van der Waals surface area (Å²) in [4.78, 5) is 41.3. The van der Waals surface area contributed by atoms with Crippen molar-refractivity contribution in [3.8, 4) is 11.3 Å². The van der Waals surface area contributed by atoms with Crippen LogP contribution >= 0.6 is 0 Å². The molecule has 0 radical (unpaired) electrons. The molecule has 70 heavy (non-hydrogen) atoms. The van der Waals surface area contributed by atoms with E-state index in [1.54, 1.807) is 19.2 Å². The van der Waals surface area contributed by atoms with Gasteiger partial charge in [0.2, 0.25) is 17.5 Å². The molecule has 0 saturated carbocycles. The van der Waals surface area contributed by atoms with Crippen LogP contribution in [0.25, 0.3) is 17.3 Å². The van der Waals surface area contributed by atoms with E-state index >= 15 is 0 Å². The van der Waals surface area contributed by atoms with Gasteiger partial charge < -0.3 is 11.1 Å². The minimum atomic E-state index is -0.500. The van der Waals surface area contributed by atoms with Crippen molar-refractivity contribution in [1.82, 2.24) is 25.4 Å². The van der Waals surface area contributed by atoms with Gasteiger partial charge in [0.1, 0.15) is 24.2 Å². The van der Waals surface area contributed by atoms with E-state index in [9.17, 15) is 18.8 Å². The minimum absolute atomic E-state index is 0.0706. The molecule has 3 aliphatic heterocycles. The van der Waals surface area contributed by atoms with E-state index in [4.69, 9.17) is 5.73 Å². The zero-order valence-corrected chi connectivity index (χ0v) is 43.8. The predicted molar refractivity (Wildman–Crippen MR) is 289 cm³/mol. The minimum Gasteiger partial charge on any atom is -0.382 e. The Balaban J connectivity index is 0.000000293. The molecule has 11 nitrogen and oxygen atoms in total. The number of rotatable bonds is 18. The first-order valence-electron chi connectivity index (χ1n) is 25.2. The number of aryl methyl sites for hydroxylation is 1. The van der Waals surface area contributed by atoms with Crippen molar-refractivity contribution in [3.05, 3.63) is 143 Å². The fourth-order valence-electron chi connectivity index (χ4n) is 8.29. The summed E-state index contributed by atoms with van der Waals surface area (Å²) < 4.78 is 17.4. The lowest BCUT2D eigenvalue weighted by Gasteiger charge is -2.33. The molecule has 3 aromatic rings. The quantitative estimate of drug-likeness (QED) is 0.0373. The van der Waals surface area contributed by atoms with Crippen LogP contribution < -0.4 is 16.4 Å². The van der Waals surface area contributed by atoms with Gasteiger partial charge in [0.25, 0.3) is 0 Å². The molecule has 1 aromatic carbocycles. The number of halogens is 1. The van der Waals surface area contributed by atoms with E-state index in [1.165, 1.54) is 23.0 Å². The number of nitrogen functional groups attached to an aromatic ring is 1. The van der Waals surface area contributed by atoms with Gasteiger partial charge >= 0.3 is 0 Å². The van der Waals surface area contributed by atoms with Crippen LogP contribution in [-0.2, 0) is 14.4 Å². The van der Waals surface area contributed by atoms with Crippen LogP contribution in [0.2, 0.25) is 0 Å². The smallest absolute Gasteiger partial charge is 0.249 e. The zero-order valence-electron chi connectivity index (χ0n) is 43.8. The fraction of sp³-hybridized carbons (Fsp3) is 0.431. The molecule has 5 heterocycles. The van der Waals surface area contributed by atoms with Crippen molar-refractivity contribution < 1.29 is 23.3 Å². The highest BCUT2D eigenvalue weighted by atomic mass is 19.1. The number of nitrogens with zero attached hydrogens (tertiary/aromatic N) is 5. The summed E-state index contributed by atoms with van der Waals surface area (Å²) in [5, 5.41) is 13.4. The van der Waals surface area contributed by atoms with Gasteiger partial charge in [-0.1, -0.05) is 96.2 Å². The summed E-state index contributed by atoms with van der Waals surface area (Å²) in [6.07, 6.45) is 23.4. The maximum Gasteiger partial charge on any atom is 0.249 e. The highest BCUT2D eigenvalue weighted by molar-refractivity contribution is 6.01. The molecular weight excluding hydrogens is 876 g/mol. The molecule has 4 N–H and O–H groups in total. The largest absolute Gasteiger partial charge is 0.382 e. The topological polar surface area (TPSA) is 146 Å². The number of pyridine rings is 1. The Morgan fingerprint density at radius 3 is 2.33 bits per heavy atom. The summed E-state index contributed by atoms with van der Waals surface area (Å²) in [5.41, 5.74) is 17.8. The molecule has 2 fully saturated rings. The molecule has 376 valence electrons. The molecule has 0 aliphatic carbocycles.